The summed E-state index contributed by atoms with van der Waals surface area (Å²) in [5.74, 6) is -1.61. The van der Waals surface area contributed by atoms with E-state index in [1.165, 1.54) is 24.3 Å². The number of nitrogens with one attached hydrogen (secondary N) is 1. The molecule has 9 heteroatoms. The van der Waals surface area contributed by atoms with Gasteiger partial charge in [0.25, 0.3) is 5.56 Å². The molecule has 1 N–H and O–H groups in total. The van der Waals surface area contributed by atoms with E-state index in [0.29, 0.717) is 23.1 Å². The van der Waals surface area contributed by atoms with Crippen molar-refractivity contribution in [3.63, 3.8) is 0 Å². The number of hydrogen-bond acceptors (Lipinski definition) is 3. The first kappa shape index (κ1) is 22.7. The van der Waals surface area contributed by atoms with E-state index in [1.54, 1.807) is 12.3 Å². The Labute approximate surface area is 203 Å². The van der Waals surface area contributed by atoms with Gasteiger partial charge in [-0.3, -0.25) is 9.59 Å². The Morgan fingerprint density at radius 2 is 1.91 bits per heavy atom. The van der Waals surface area contributed by atoms with Gasteiger partial charge in [0.05, 0.1) is 16.1 Å². The average molecular weight is 493 g/mol. The van der Waals surface area contributed by atoms with E-state index in [4.69, 9.17) is 11.6 Å². The number of carbonyl (C=O) groups excluding carboxylic acids is 1. The molecule has 2 aliphatic heterocycles. The fraction of sp³-hybridized carbons (Fsp3) is 0.115. The fourth-order valence-corrected chi connectivity index (χ4v) is 4.29. The summed E-state index contributed by atoms with van der Waals surface area (Å²) < 4.78 is 30.5. The lowest BCUT2D eigenvalue weighted by Crippen LogP contribution is -2.26. The van der Waals surface area contributed by atoms with Crippen LogP contribution in [0.1, 0.15) is 11.1 Å². The molecule has 0 aromatic heterocycles. The molecule has 3 aromatic rings. The summed E-state index contributed by atoms with van der Waals surface area (Å²) in [7, 11) is 0. The number of pyridine rings is 1. The molecule has 35 heavy (non-hydrogen) atoms. The summed E-state index contributed by atoms with van der Waals surface area (Å²) in [4.78, 5) is 25.7. The smallest absolute Gasteiger partial charge is 0.278 e. The van der Waals surface area contributed by atoms with Gasteiger partial charge in [-0.1, -0.05) is 41.4 Å². The first-order chi connectivity index (χ1) is 16.8. The van der Waals surface area contributed by atoms with Crippen molar-refractivity contribution in [2.45, 2.75) is 20.0 Å². The van der Waals surface area contributed by atoms with Gasteiger partial charge in [0.15, 0.2) is 0 Å². The molecule has 6 nitrogen and oxygen atoms in total. The number of amides is 1. The lowest BCUT2D eigenvalue weighted by molar-refractivity contribution is -0.116. The normalized spacial score (nSPS) is 11.3. The Morgan fingerprint density at radius 3 is 2.69 bits per heavy atom. The standard InChI is InChI=1S/C26H19ClF2N4O2/c1-15-3-2-4-16(9-15)12-32-13-20-25(19-10-17(28)5-8-23(19)32)31-33(26(20)35)14-24(34)30-18-6-7-22(29)21(27)11-18/h2-11,13H,12,14H2,1H3,(H,30,34). The number of carbonyl (C=O) groups is 1. The molecule has 1 amide bonds. The Kier molecular flexibility index (Phi) is 5.82. The highest BCUT2D eigenvalue weighted by atomic mass is 35.5. The van der Waals surface area contributed by atoms with E-state index in [9.17, 15) is 18.4 Å². The van der Waals surface area contributed by atoms with E-state index < -0.39 is 23.1 Å². The van der Waals surface area contributed by atoms with Crippen molar-refractivity contribution in [2.75, 3.05) is 5.32 Å². The molecule has 0 unspecified atom stereocenters. The molecule has 0 aliphatic carbocycles. The van der Waals surface area contributed by atoms with Crippen LogP contribution in [0, 0.1) is 18.6 Å². The minimum absolute atomic E-state index is 0.135. The third-order valence-corrected chi connectivity index (χ3v) is 5.97. The maximum atomic E-state index is 14.2. The second-order valence-corrected chi connectivity index (χ2v) is 8.72. The number of fused-ring (bicyclic) bond motifs is 3. The largest absolute Gasteiger partial charge is 0.342 e. The van der Waals surface area contributed by atoms with Crippen molar-refractivity contribution >= 4 is 34.1 Å². The number of hydrogen-bond donors (Lipinski definition) is 1. The van der Waals surface area contributed by atoms with Crippen molar-refractivity contribution < 1.29 is 13.6 Å². The van der Waals surface area contributed by atoms with Gasteiger partial charge in [0.2, 0.25) is 5.91 Å². The molecule has 0 saturated heterocycles. The van der Waals surface area contributed by atoms with Crippen LogP contribution in [0.2, 0.25) is 5.02 Å². The predicted octanol–water partition coefficient (Wildman–Crippen LogP) is 5.23. The van der Waals surface area contributed by atoms with Crippen LogP contribution in [0.25, 0.3) is 22.2 Å². The molecule has 0 saturated carbocycles. The van der Waals surface area contributed by atoms with Crippen LogP contribution < -0.4 is 10.9 Å². The highest BCUT2D eigenvalue weighted by Gasteiger charge is 2.22. The molecule has 0 radical (unpaired) electrons. The molecule has 0 fully saturated rings. The zero-order valence-corrected chi connectivity index (χ0v) is 19.3. The molecule has 3 aromatic carbocycles. The summed E-state index contributed by atoms with van der Waals surface area (Å²) in [6.45, 7) is 2.09. The number of rotatable bonds is 5. The van der Waals surface area contributed by atoms with Gasteiger partial charge in [0.1, 0.15) is 23.9 Å². The van der Waals surface area contributed by atoms with E-state index in [2.05, 4.69) is 10.4 Å². The van der Waals surface area contributed by atoms with Crippen LogP contribution in [0.3, 0.4) is 0 Å². The van der Waals surface area contributed by atoms with E-state index in [1.807, 2.05) is 35.8 Å². The molecule has 2 aliphatic rings. The topological polar surface area (TPSA) is 68.9 Å². The lowest BCUT2D eigenvalue weighted by atomic mass is 10.1. The summed E-state index contributed by atoms with van der Waals surface area (Å²) in [5, 5.41) is 7.24. The molecule has 5 rings (SSSR count). The zero-order valence-electron chi connectivity index (χ0n) is 18.6. The number of nitrogens with zero attached hydrogens (tertiary/aromatic N) is 3. The van der Waals surface area contributed by atoms with Gasteiger partial charge in [-0.05, 0) is 48.9 Å². The Hall–Kier alpha value is -4.04. The Balaban J connectivity index is 1.54. The average Bonchev–Trinajstić information content (AvgIpc) is 3.11. The highest BCUT2D eigenvalue weighted by Crippen LogP contribution is 2.29. The highest BCUT2D eigenvalue weighted by molar-refractivity contribution is 6.31. The van der Waals surface area contributed by atoms with Crippen molar-refractivity contribution in [3.8, 4) is 11.3 Å². The second kappa shape index (κ2) is 8.96. The zero-order chi connectivity index (χ0) is 24.7. The van der Waals surface area contributed by atoms with Crippen molar-refractivity contribution in [2.24, 2.45) is 0 Å². The monoisotopic (exact) mass is 492 g/mol. The summed E-state index contributed by atoms with van der Waals surface area (Å²) >= 11 is 5.76. The summed E-state index contributed by atoms with van der Waals surface area (Å²) in [6.07, 6.45) is 1.68. The van der Waals surface area contributed by atoms with Crippen molar-refractivity contribution in [1.82, 2.24) is 14.3 Å². The first-order valence-electron chi connectivity index (χ1n) is 10.8. The minimum Gasteiger partial charge on any atom is -0.342 e. The van der Waals surface area contributed by atoms with Crippen molar-refractivity contribution in [3.05, 3.63) is 105 Å². The van der Waals surface area contributed by atoms with Crippen LogP contribution in [-0.2, 0) is 17.9 Å². The number of benzene rings is 3. The van der Waals surface area contributed by atoms with Crippen LogP contribution in [0.15, 0.2) is 71.7 Å². The first-order valence-corrected chi connectivity index (χ1v) is 11.2. The van der Waals surface area contributed by atoms with E-state index in [0.717, 1.165) is 21.9 Å². The van der Waals surface area contributed by atoms with Crippen molar-refractivity contribution in [1.29, 1.82) is 0 Å². The lowest BCUT2D eigenvalue weighted by Gasteiger charge is -2.14. The molecule has 2 heterocycles. The third-order valence-electron chi connectivity index (χ3n) is 5.68. The number of halogens is 3. The Morgan fingerprint density at radius 1 is 1.09 bits per heavy atom. The molecule has 0 bridgehead atoms. The molecular weight excluding hydrogens is 474 g/mol. The van der Waals surface area contributed by atoms with Crippen LogP contribution in [0.5, 0.6) is 0 Å². The van der Waals surface area contributed by atoms with Crippen LogP contribution >= 0.6 is 11.6 Å². The molecule has 176 valence electrons. The van der Waals surface area contributed by atoms with Gasteiger partial charge < -0.3 is 9.88 Å². The van der Waals surface area contributed by atoms with Gasteiger partial charge in [-0.2, -0.15) is 5.10 Å². The van der Waals surface area contributed by atoms with E-state index >= 15 is 0 Å². The van der Waals surface area contributed by atoms with Crippen LogP contribution in [-0.4, -0.2) is 20.3 Å². The molecular formula is C26H19ClF2N4O2. The minimum atomic E-state index is -0.608. The molecule has 0 atom stereocenters. The Bertz CT molecular complexity index is 1630. The fourth-order valence-electron chi connectivity index (χ4n) is 4.10. The number of aryl methyl sites for hydroxylation is 1. The van der Waals surface area contributed by atoms with E-state index in [-0.39, 0.29) is 22.8 Å². The van der Waals surface area contributed by atoms with Gasteiger partial charge in [0, 0.05) is 23.8 Å². The number of anilines is 1. The van der Waals surface area contributed by atoms with Gasteiger partial charge in [-0.25, -0.2) is 13.5 Å². The quantitative estimate of drug-likeness (QED) is 0.365. The van der Waals surface area contributed by atoms with Gasteiger partial charge >= 0.3 is 0 Å². The maximum Gasteiger partial charge on any atom is 0.278 e. The third kappa shape index (κ3) is 4.52. The predicted molar refractivity (Wildman–Crippen MR) is 131 cm³/mol. The SMILES string of the molecule is Cc1cccc(Cn2cc3c(=O)n(CC(=O)Nc4ccc(F)c(Cl)c4)nc-3c3cc(F)ccc32)c1. The number of aromatic nitrogens is 3. The maximum absolute atomic E-state index is 14.2. The van der Waals surface area contributed by atoms with Crippen LogP contribution in [0.4, 0.5) is 14.5 Å². The van der Waals surface area contributed by atoms with Gasteiger partial charge in [-0.15, -0.1) is 0 Å². The summed E-state index contributed by atoms with van der Waals surface area (Å²) in [5.41, 5.74) is 3.22. The molecule has 0 spiro atoms. The summed E-state index contributed by atoms with van der Waals surface area (Å²) in [6, 6.07) is 16.1. The second-order valence-electron chi connectivity index (χ2n) is 8.31.